The number of Topliss-reactive ketones (excluding diaryl/α,β-unsaturated/α-hetero) is 1. The lowest BCUT2D eigenvalue weighted by atomic mass is 9.46. The summed E-state index contributed by atoms with van der Waals surface area (Å²) < 4.78 is 5.61. The Hall–Kier alpha value is -2.43. The van der Waals surface area contributed by atoms with Crippen molar-refractivity contribution in [2.45, 2.75) is 91.3 Å². The summed E-state index contributed by atoms with van der Waals surface area (Å²) in [5.74, 6) is 1.50. The maximum absolute atomic E-state index is 13.5. The lowest BCUT2D eigenvalue weighted by Gasteiger charge is -2.58. The van der Waals surface area contributed by atoms with Crippen molar-refractivity contribution in [3.8, 4) is 0 Å². The highest BCUT2D eigenvalue weighted by atomic mass is 16.7. The van der Waals surface area contributed by atoms with Crippen molar-refractivity contribution in [3.63, 3.8) is 0 Å². The number of hydrogen-bond donors (Lipinski definition) is 0. The molecule has 5 heteroatoms. The first-order valence-corrected chi connectivity index (χ1v) is 13.8. The zero-order chi connectivity index (χ0) is 25.5. The molecule has 0 bridgehead atoms. The molecule has 192 valence electrons. The van der Waals surface area contributed by atoms with Crippen molar-refractivity contribution in [3.05, 3.63) is 47.0 Å². The van der Waals surface area contributed by atoms with Crippen LogP contribution < -0.4 is 0 Å². The van der Waals surface area contributed by atoms with Gasteiger partial charge in [0.15, 0.2) is 5.78 Å². The molecule has 0 amide bonds. The van der Waals surface area contributed by atoms with Crippen molar-refractivity contribution >= 4 is 17.5 Å². The Labute approximate surface area is 214 Å². The van der Waals surface area contributed by atoms with Crippen molar-refractivity contribution in [2.75, 3.05) is 0 Å². The molecule has 3 unspecified atom stereocenters. The number of aryl methyl sites for hydroxylation is 1. The molecule has 36 heavy (non-hydrogen) atoms. The number of ether oxygens (including phenoxy) is 1. The molecule has 8 atom stereocenters. The minimum atomic E-state index is -0.860. The quantitative estimate of drug-likeness (QED) is 0.376. The third-order valence-corrected chi connectivity index (χ3v) is 11.1. The molecule has 1 aromatic rings. The number of rotatable bonds is 3. The van der Waals surface area contributed by atoms with Crippen molar-refractivity contribution < 1.29 is 19.2 Å². The number of oxime groups is 1. The van der Waals surface area contributed by atoms with Crippen LogP contribution in [0.2, 0.25) is 0 Å². The molecular weight excluding hydrogens is 450 g/mol. The molecule has 6 rings (SSSR count). The van der Waals surface area contributed by atoms with E-state index < -0.39 is 5.60 Å². The van der Waals surface area contributed by atoms with Gasteiger partial charge >= 0.3 is 5.97 Å². The van der Waals surface area contributed by atoms with Crippen LogP contribution in [0.5, 0.6) is 0 Å². The SMILES string of the molecule is CC(=O)O[C@H]1CC[C@@]2(C)C(=CCC3C2CC[C@@]2(C)C3C[C@H]3C(c4ccc(C)cc4)=NO[C@]32C(C)=O)C1. The first-order chi connectivity index (χ1) is 17.1. The molecule has 4 aliphatic carbocycles. The van der Waals surface area contributed by atoms with Crippen LogP contribution >= 0.6 is 0 Å². The molecule has 0 N–H and O–H groups in total. The lowest BCUT2D eigenvalue weighted by Crippen LogP contribution is -2.58. The van der Waals surface area contributed by atoms with E-state index >= 15 is 0 Å². The van der Waals surface area contributed by atoms with E-state index in [9.17, 15) is 9.59 Å². The first-order valence-electron chi connectivity index (χ1n) is 13.8. The van der Waals surface area contributed by atoms with Gasteiger partial charge in [0.25, 0.3) is 0 Å². The normalized spacial score (nSPS) is 42.6. The fraction of sp³-hybridized carbons (Fsp3) is 0.645. The van der Waals surface area contributed by atoms with Crippen LogP contribution in [0, 0.1) is 41.4 Å². The van der Waals surface area contributed by atoms with E-state index in [1.807, 2.05) is 0 Å². The zero-order valence-corrected chi connectivity index (χ0v) is 22.3. The average Bonchev–Trinajstić information content (AvgIpc) is 3.34. The van der Waals surface area contributed by atoms with E-state index in [1.54, 1.807) is 6.92 Å². The molecule has 0 saturated heterocycles. The van der Waals surface area contributed by atoms with E-state index in [-0.39, 0.29) is 34.6 Å². The number of esters is 1. The fourth-order valence-corrected chi connectivity index (χ4v) is 9.34. The highest BCUT2D eigenvalue weighted by molar-refractivity contribution is 6.08. The van der Waals surface area contributed by atoms with E-state index in [0.717, 1.165) is 56.2 Å². The van der Waals surface area contributed by atoms with E-state index in [2.05, 4.69) is 56.3 Å². The van der Waals surface area contributed by atoms with Crippen LogP contribution in [0.25, 0.3) is 0 Å². The standard InChI is InChI=1S/C31H39NO4/c1-18-6-8-21(9-7-18)28-27-17-26-24-11-10-22-16-23(35-20(3)34)12-14-29(22,4)25(24)13-15-30(26,5)31(27,19(2)33)36-32-28/h6-10,23-27H,11-17H2,1-5H3/t23-,24?,25?,26?,27-,29-,30-,31+/m0/s1. The predicted octanol–water partition coefficient (Wildman–Crippen LogP) is 6.18. The Morgan fingerprint density at radius 2 is 1.81 bits per heavy atom. The summed E-state index contributed by atoms with van der Waals surface area (Å²) in [6.07, 6.45) is 9.44. The Morgan fingerprint density at radius 3 is 2.50 bits per heavy atom. The zero-order valence-electron chi connectivity index (χ0n) is 22.3. The maximum Gasteiger partial charge on any atom is 0.302 e. The Kier molecular flexibility index (Phi) is 5.34. The molecule has 5 nitrogen and oxygen atoms in total. The molecule has 0 spiro atoms. The maximum atomic E-state index is 13.5. The van der Waals surface area contributed by atoms with Crippen LogP contribution in [0.3, 0.4) is 0 Å². The summed E-state index contributed by atoms with van der Waals surface area (Å²) >= 11 is 0. The average molecular weight is 490 g/mol. The summed E-state index contributed by atoms with van der Waals surface area (Å²) in [6.45, 7) is 10.1. The second kappa shape index (κ2) is 8.03. The van der Waals surface area contributed by atoms with Gasteiger partial charge in [-0.05, 0) is 81.1 Å². The third kappa shape index (κ3) is 3.10. The topological polar surface area (TPSA) is 65.0 Å². The van der Waals surface area contributed by atoms with Crippen molar-refractivity contribution in [1.29, 1.82) is 0 Å². The van der Waals surface area contributed by atoms with Gasteiger partial charge in [-0.2, -0.15) is 0 Å². The molecule has 1 aliphatic heterocycles. The van der Waals surface area contributed by atoms with Gasteiger partial charge in [-0.25, -0.2) is 0 Å². The third-order valence-electron chi connectivity index (χ3n) is 11.1. The molecule has 1 heterocycles. The summed E-state index contributed by atoms with van der Waals surface area (Å²) in [5.41, 5.74) is 3.80. The van der Waals surface area contributed by atoms with E-state index in [4.69, 9.17) is 9.57 Å². The molecule has 1 aromatic carbocycles. The van der Waals surface area contributed by atoms with Gasteiger partial charge in [-0.15, -0.1) is 0 Å². The fourth-order valence-electron chi connectivity index (χ4n) is 9.34. The van der Waals surface area contributed by atoms with Crippen molar-refractivity contribution in [1.82, 2.24) is 0 Å². The number of carbonyl (C=O) groups excluding carboxylic acids is 2. The van der Waals surface area contributed by atoms with Gasteiger partial charge in [0, 0.05) is 18.8 Å². The molecule has 3 saturated carbocycles. The number of ketones is 1. The summed E-state index contributed by atoms with van der Waals surface area (Å²) in [6, 6.07) is 8.48. The van der Waals surface area contributed by atoms with E-state index in [1.165, 1.54) is 18.1 Å². The van der Waals surface area contributed by atoms with Crippen LogP contribution in [0.4, 0.5) is 0 Å². The minimum Gasteiger partial charge on any atom is -0.462 e. The number of benzene rings is 1. The number of fused-ring (bicyclic) bond motifs is 7. The Bertz CT molecular complexity index is 1170. The highest BCUT2D eigenvalue weighted by Crippen LogP contribution is 2.70. The predicted molar refractivity (Wildman–Crippen MR) is 138 cm³/mol. The second-order valence-electron chi connectivity index (χ2n) is 12.7. The van der Waals surface area contributed by atoms with Crippen LogP contribution in [0.15, 0.2) is 41.1 Å². The second-order valence-corrected chi connectivity index (χ2v) is 12.7. The summed E-state index contributed by atoms with van der Waals surface area (Å²) in [7, 11) is 0. The van der Waals surface area contributed by atoms with Gasteiger partial charge < -0.3 is 9.57 Å². The number of hydrogen-bond acceptors (Lipinski definition) is 5. The number of carbonyl (C=O) groups is 2. The monoisotopic (exact) mass is 489 g/mol. The highest BCUT2D eigenvalue weighted by Gasteiger charge is 2.74. The molecule has 3 fully saturated rings. The van der Waals surface area contributed by atoms with Gasteiger partial charge in [0.2, 0.25) is 5.60 Å². The van der Waals surface area contributed by atoms with E-state index in [0.29, 0.717) is 17.8 Å². The largest absolute Gasteiger partial charge is 0.462 e. The lowest BCUT2D eigenvalue weighted by molar-refractivity contribution is -0.174. The van der Waals surface area contributed by atoms with Crippen LogP contribution in [0.1, 0.15) is 83.8 Å². The molecule has 5 aliphatic rings. The van der Waals surface area contributed by atoms with Crippen molar-refractivity contribution in [2.24, 2.45) is 39.7 Å². The molecule has 0 radical (unpaired) electrons. The summed E-state index contributed by atoms with van der Waals surface area (Å²) in [4.78, 5) is 31.4. The first kappa shape index (κ1) is 23.9. The van der Waals surface area contributed by atoms with Gasteiger partial charge in [-0.3, -0.25) is 9.59 Å². The number of allylic oxidation sites excluding steroid dienone is 1. The Morgan fingerprint density at radius 1 is 1.06 bits per heavy atom. The molecule has 0 aromatic heterocycles. The number of nitrogens with zero attached hydrogens (tertiary/aromatic N) is 1. The van der Waals surface area contributed by atoms with Gasteiger partial charge in [0.05, 0.1) is 11.6 Å². The Balaban J connectivity index is 1.34. The van der Waals surface area contributed by atoms with Gasteiger partial charge in [0.1, 0.15) is 6.10 Å². The van der Waals surface area contributed by atoms with Crippen LogP contribution in [-0.2, 0) is 19.2 Å². The van der Waals surface area contributed by atoms with Gasteiger partial charge in [-0.1, -0.05) is 60.5 Å². The van der Waals surface area contributed by atoms with Crippen LogP contribution in [-0.4, -0.2) is 29.2 Å². The summed E-state index contributed by atoms with van der Waals surface area (Å²) in [5, 5.41) is 4.61. The smallest absolute Gasteiger partial charge is 0.302 e. The molecular formula is C31H39NO4. The minimum absolute atomic E-state index is 0.00402.